The fourth-order valence-corrected chi connectivity index (χ4v) is 4.41. The van der Waals surface area contributed by atoms with Crippen molar-refractivity contribution in [3.63, 3.8) is 0 Å². The van der Waals surface area contributed by atoms with Gasteiger partial charge in [0.05, 0.1) is 0 Å². The highest BCUT2D eigenvalue weighted by Gasteiger charge is 2.53. The first-order chi connectivity index (χ1) is 7.56. The van der Waals surface area contributed by atoms with Crippen LogP contribution in [0.1, 0.15) is 38.5 Å². The summed E-state index contributed by atoms with van der Waals surface area (Å²) in [5.74, 6) is 0.295. The Balaban J connectivity index is 1.78. The summed E-state index contributed by atoms with van der Waals surface area (Å²) in [5.41, 5.74) is -0.346. The van der Waals surface area contributed by atoms with Crippen molar-refractivity contribution in [2.45, 2.75) is 44.1 Å². The van der Waals surface area contributed by atoms with Gasteiger partial charge in [0.1, 0.15) is 5.60 Å². The number of hydrogen-bond donors (Lipinski definition) is 0. The van der Waals surface area contributed by atoms with Crippen molar-refractivity contribution in [3.8, 4) is 0 Å². The summed E-state index contributed by atoms with van der Waals surface area (Å²) < 4.78 is 18.1. The van der Waals surface area contributed by atoms with Crippen molar-refractivity contribution in [1.82, 2.24) is 0 Å². The lowest BCUT2D eigenvalue weighted by Gasteiger charge is -2.55. The topological polar surface area (TPSA) is 26.3 Å². The summed E-state index contributed by atoms with van der Waals surface area (Å²) in [6, 6.07) is 0. The molecular formula is C13H17FO2. The molecule has 4 aliphatic carbocycles. The van der Waals surface area contributed by atoms with E-state index in [1.807, 2.05) is 0 Å². The van der Waals surface area contributed by atoms with Crippen LogP contribution < -0.4 is 0 Å². The minimum absolute atomic E-state index is 0.346. The molecule has 0 unspecified atom stereocenters. The molecule has 0 atom stereocenters. The van der Waals surface area contributed by atoms with Gasteiger partial charge in [0.25, 0.3) is 0 Å². The Morgan fingerprint density at radius 2 is 1.56 bits per heavy atom. The minimum atomic E-state index is -0.962. The second-order valence-corrected chi connectivity index (χ2v) is 5.89. The van der Waals surface area contributed by atoms with Gasteiger partial charge >= 0.3 is 5.97 Å². The van der Waals surface area contributed by atoms with Gasteiger partial charge in [-0.05, 0) is 56.3 Å². The lowest BCUT2D eigenvalue weighted by atomic mass is 9.54. The molecule has 4 aliphatic rings. The van der Waals surface area contributed by atoms with Gasteiger partial charge < -0.3 is 4.74 Å². The third kappa shape index (κ3) is 1.57. The van der Waals surface area contributed by atoms with Crippen LogP contribution in [0.4, 0.5) is 4.39 Å². The number of halogens is 1. The minimum Gasteiger partial charge on any atom is -0.454 e. The SMILES string of the molecule is C=C(F)C(=O)OC12CC3CC(CC(C3)C1)C2. The molecule has 0 aromatic rings. The molecule has 4 saturated carbocycles. The van der Waals surface area contributed by atoms with Crippen LogP contribution in [-0.4, -0.2) is 11.6 Å². The zero-order valence-corrected chi connectivity index (χ0v) is 9.38. The molecule has 0 heterocycles. The zero-order valence-electron chi connectivity index (χ0n) is 9.38. The van der Waals surface area contributed by atoms with Gasteiger partial charge in [0.2, 0.25) is 5.83 Å². The van der Waals surface area contributed by atoms with Gasteiger partial charge in [-0.1, -0.05) is 6.58 Å². The first-order valence-corrected chi connectivity index (χ1v) is 6.14. The first kappa shape index (κ1) is 10.3. The highest BCUT2D eigenvalue weighted by molar-refractivity contribution is 5.85. The molecule has 4 rings (SSSR count). The molecule has 4 fully saturated rings. The third-order valence-electron chi connectivity index (χ3n) is 4.51. The molecule has 0 spiro atoms. The predicted molar refractivity (Wildman–Crippen MR) is 57.2 cm³/mol. The molecule has 4 bridgehead atoms. The van der Waals surface area contributed by atoms with Crippen LogP contribution in [-0.2, 0) is 9.53 Å². The molecule has 0 N–H and O–H groups in total. The third-order valence-corrected chi connectivity index (χ3v) is 4.51. The molecule has 0 aromatic carbocycles. The first-order valence-electron chi connectivity index (χ1n) is 6.14. The number of carbonyl (C=O) groups excluding carboxylic acids is 1. The van der Waals surface area contributed by atoms with E-state index < -0.39 is 11.8 Å². The number of carbonyl (C=O) groups is 1. The van der Waals surface area contributed by atoms with E-state index in [0.29, 0.717) is 17.8 Å². The van der Waals surface area contributed by atoms with E-state index >= 15 is 0 Å². The predicted octanol–water partition coefficient (Wildman–Crippen LogP) is 2.98. The Morgan fingerprint density at radius 3 is 1.94 bits per heavy atom. The average Bonchev–Trinajstić information content (AvgIpc) is 2.13. The Hall–Kier alpha value is -0.860. The van der Waals surface area contributed by atoms with Crippen LogP contribution in [0.3, 0.4) is 0 Å². The Kier molecular flexibility index (Phi) is 2.13. The second kappa shape index (κ2) is 3.31. The second-order valence-electron chi connectivity index (χ2n) is 5.89. The van der Waals surface area contributed by atoms with E-state index in [0.717, 1.165) is 19.3 Å². The van der Waals surface area contributed by atoms with Gasteiger partial charge in [-0.15, -0.1) is 0 Å². The van der Waals surface area contributed by atoms with Crippen LogP contribution in [0.25, 0.3) is 0 Å². The van der Waals surface area contributed by atoms with Crippen LogP contribution in [0.15, 0.2) is 12.4 Å². The molecule has 0 radical (unpaired) electrons. The summed E-state index contributed by atoms with van der Waals surface area (Å²) in [7, 11) is 0. The lowest BCUT2D eigenvalue weighted by Crippen LogP contribution is -2.52. The summed E-state index contributed by atoms with van der Waals surface area (Å²) >= 11 is 0. The molecule has 3 heteroatoms. The highest BCUT2D eigenvalue weighted by atomic mass is 19.1. The van der Waals surface area contributed by atoms with Crippen LogP contribution in [0, 0.1) is 17.8 Å². The Labute approximate surface area is 94.9 Å². The molecule has 2 nitrogen and oxygen atoms in total. The molecule has 88 valence electrons. The van der Waals surface area contributed by atoms with Gasteiger partial charge in [0, 0.05) is 0 Å². The molecular weight excluding hydrogens is 207 g/mol. The fraction of sp³-hybridized carbons (Fsp3) is 0.769. The van der Waals surface area contributed by atoms with Crippen LogP contribution >= 0.6 is 0 Å². The normalized spacial score (nSPS) is 44.4. The summed E-state index contributed by atoms with van der Waals surface area (Å²) in [5, 5.41) is 0. The molecule has 0 aromatic heterocycles. The molecule has 16 heavy (non-hydrogen) atoms. The van der Waals surface area contributed by atoms with Crippen molar-refractivity contribution in [2.24, 2.45) is 17.8 Å². The standard InChI is InChI=1S/C13H17FO2/c1-8(14)12(15)16-13-5-9-2-10(6-13)4-11(3-9)7-13/h9-11H,1-7H2. The Bertz CT molecular complexity index is 313. The Morgan fingerprint density at radius 1 is 1.12 bits per heavy atom. The summed E-state index contributed by atoms with van der Waals surface area (Å²) in [6.45, 7) is 3.01. The van der Waals surface area contributed by atoms with E-state index in [9.17, 15) is 9.18 Å². The lowest BCUT2D eigenvalue weighted by molar-refractivity contribution is -0.183. The monoisotopic (exact) mass is 224 g/mol. The van der Waals surface area contributed by atoms with E-state index in [-0.39, 0.29) is 5.60 Å². The maximum atomic E-state index is 12.7. The molecule has 0 aliphatic heterocycles. The van der Waals surface area contributed by atoms with E-state index in [4.69, 9.17) is 4.74 Å². The summed E-state index contributed by atoms with van der Waals surface area (Å²) in [6.07, 6.45) is 6.68. The number of hydrogen-bond acceptors (Lipinski definition) is 2. The molecule has 0 saturated heterocycles. The van der Waals surface area contributed by atoms with Crippen molar-refractivity contribution < 1.29 is 13.9 Å². The maximum absolute atomic E-state index is 12.7. The van der Waals surface area contributed by atoms with Crippen LogP contribution in [0.2, 0.25) is 0 Å². The number of rotatable bonds is 2. The molecule has 0 amide bonds. The largest absolute Gasteiger partial charge is 0.454 e. The average molecular weight is 224 g/mol. The number of ether oxygens (including phenoxy) is 1. The van der Waals surface area contributed by atoms with Crippen molar-refractivity contribution in [1.29, 1.82) is 0 Å². The fourth-order valence-electron chi connectivity index (χ4n) is 4.41. The van der Waals surface area contributed by atoms with Gasteiger partial charge in [0.15, 0.2) is 0 Å². The van der Waals surface area contributed by atoms with Gasteiger partial charge in [-0.2, -0.15) is 4.39 Å². The van der Waals surface area contributed by atoms with E-state index in [2.05, 4.69) is 6.58 Å². The van der Waals surface area contributed by atoms with Crippen molar-refractivity contribution in [2.75, 3.05) is 0 Å². The quantitative estimate of drug-likeness (QED) is 0.532. The highest BCUT2D eigenvalue weighted by Crippen LogP contribution is 2.57. The summed E-state index contributed by atoms with van der Waals surface area (Å²) in [4.78, 5) is 11.3. The maximum Gasteiger partial charge on any atom is 0.367 e. The van der Waals surface area contributed by atoms with Crippen molar-refractivity contribution in [3.05, 3.63) is 12.4 Å². The van der Waals surface area contributed by atoms with E-state index in [1.54, 1.807) is 0 Å². The van der Waals surface area contributed by atoms with Crippen molar-refractivity contribution >= 4 is 5.97 Å². The van der Waals surface area contributed by atoms with E-state index in [1.165, 1.54) is 19.3 Å². The smallest absolute Gasteiger partial charge is 0.367 e. The number of esters is 1. The van der Waals surface area contributed by atoms with Gasteiger partial charge in [-0.3, -0.25) is 0 Å². The van der Waals surface area contributed by atoms with Gasteiger partial charge in [-0.25, -0.2) is 4.79 Å². The van der Waals surface area contributed by atoms with Crippen LogP contribution in [0.5, 0.6) is 0 Å². The zero-order chi connectivity index (χ0) is 11.3.